The summed E-state index contributed by atoms with van der Waals surface area (Å²) in [6.07, 6.45) is 1.62. The molecule has 2 aromatic rings. The Morgan fingerprint density at radius 1 is 1.35 bits per heavy atom. The maximum Gasteiger partial charge on any atom is 0.273 e. The van der Waals surface area contributed by atoms with Gasteiger partial charge in [0.05, 0.1) is 18.1 Å². The van der Waals surface area contributed by atoms with E-state index in [2.05, 4.69) is 16.9 Å². The van der Waals surface area contributed by atoms with Gasteiger partial charge in [-0.2, -0.15) is 0 Å². The van der Waals surface area contributed by atoms with Crippen molar-refractivity contribution in [1.29, 1.82) is 0 Å². The van der Waals surface area contributed by atoms with Crippen molar-refractivity contribution in [3.05, 3.63) is 34.2 Å². The molecular formula is C20H26F2N2O2. The third-order valence-corrected chi connectivity index (χ3v) is 5.60. The van der Waals surface area contributed by atoms with Crippen molar-refractivity contribution in [3.8, 4) is 5.75 Å². The highest BCUT2D eigenvalue weighted by atomic mass is 19.2. The number of benzene rings is 1. The number of aromatic amines is 1. The molecule has 1 heterocycles. The van der Waals surface area contributed by atoms with Gasteiger partial charge in [0.2, 0.25) is 0 Å². The van der Waals surface area contributed by atoms with Gasteiger partial charge >= 0.3 is 0 Å². The van der Waals surface area contributed by atoms with E-state index < -0.39 is 17.9 Å². The van der Waals surface area contributed by atoms with Crippen LogP contribution in [0.1, 0.15) is 57.3 Å². The summed E-state index contributed by atoms with van der Waals surface area (Å²) in [5, 5.41) is 0. The first-order valence-electron chi connectivity index (χ1n) is 9.35. The summed E-state index contributed by atoms with van der Waals surface area (Å²) in [6.45, 7) is 2.23. The molecule has 1 fully saturated rings. The first-order chi connectivity index (χ1) is 12.5. The fourth-order valence-electron chi connectivity index (χ4n) is 3.94. The number of rotatable bonds is 7. The molecule has 0 amide bonds. The van der Waals surface area contributed by atoms with Crippen molar-refractivity contribution in [3.63, 3.8) is 0 Å². The summed E-state index contributed by atoms with van der Waals surface area (Å²) in [4.78, 5) is 18.8. The third kappa shape index (κ3) is 4.05. The van der Waals surface area contributed by atoms with Crippen LogP contribution in [0.25, 0.3) is 11.0 Å². The maximum absolute atomic E-state index is 14.6. The fourth-order valence-corrected chi connectivity index (χ4v) is 3.94. The molecule has 1 N–H and O–H groups in total. The second kappa shape index (κ2) is 8.14. The van der Waals surface area contributed by atoms with Crippen LogP contribution >= 0.6 is 0 Å². The number of alkyl halides is 2. The van der Waals surface area contributed by atoms with Crippen molar-refractivity contribution < 1.29 is 13.5 Å². The Hall–Kier alpha value is -1.98. The van der Waals surface area contributed by atoms with Crippen molar-refractivity contribution in [2.24, 2.45) is 11.8 Å². The van der Waals surface area contributed by atoms with Crippen LogP contribution in [0.15, 0.2) is 23.0 Å². The Bertz CT molecular complexity index is 808. The van der Waals surface area contributed by atoms with Gasteiger partial charge < -0.3 is 9.72 Å². The third-order valence-electron chi connectivity index (χ3n) is 5.60. The number of methoxy groups -OCH3 is 1. The van der Waals surface area contributed by atoms with E-state index in [9.17, 15) is 13.6 Å². The Balaban J connectivity index is 1.67. The standard InChI is InChI=1S/C20H26F2N2O2/c1-12-5-3-6-13(12)7-4-8-15(21)18(22)19-20(25)24-17-11-14(26-2)9-10-16(17)23-19/h9-13,15,18H,3-8H2,1-2H3,(H,24,25)/t12-,13-,15?,18?/m0/s1. The number of hydrogen-bond donors (Lipinski definition) is 1. The van der Waals surface area contributed by atoms with Gasteiger partial charge in [-0.05, 0) is 30.4 Å². The second-order valence-electron chi connectivity index (χ2n) is 7.35. The van der Waals surface area contributed by atoms with Crippen molar-refractivity contribution in [1.82, 2.24) is 9.97 Å². The van der Waals surface area contributed by atoms with E-state index in [1.807, 2.05) is 0 Å². The lowest BCUT2D eigenvalue weighted by Gasteiger charge is -2.17. The highest BCUT2D eigenvalue weighted by molar-refractivity contribution is 5.75. The molecule has 3 rings (SSSR count). The van der Waals surface area contributed by atoms with Crippen LogP contribution < -0.4 is 10.3 Å². The van der Waals surface area contributed by atoms with Crippen LogP contribution in [-0.4, -0.2) is 23.2 Å². The molecule has 4 atom stereocenters. The fraction of sp³-hybridized carbons (Fsp3) is 0.600. The summed E-state index contributed by atoms with van der Waals surface area (Å²) < 4.78 is 34.0. The summed E-state index contributed by atoms with van der Waals surface area (Å²) in [6, 6.07) is 4.89. The number of halogens is 2. The Labute approximate surface area is 152 Å². The minimum atomic E-state index is -2.01. The molecule has 0 saturated heterocycles. The van der Waals surface area contributed by atoms with E-state index >= 15 is 0 Å². The van der Waals surface area contributed by atoms with Crippen LogP contribution in [0.5, 0.6) is 5.75 Å². The summed E-state index contributed by atoms with van der Waals surface area (Å²) in [7, 11) is 1.51. The predicted octanol–water partition coefficient (Wildman–Crippen LogP) is 4.89. The van der Waals surface area contributed by atoms with E-state index in [0.717, 1.165) is 6.42 Å². The molecule has 0 radical (unpaired) electrons. The van der Waals surface area contributed by atoms with Gasteiger partial charge in [-0.25, -0.2) is 13.8 Å². The molecule has 0 bridgehead atoms. The van der Waals surface area contributed by atoms with Crippen molar-refractivity contribution >= 4 is 11.0 Å². The molecule has 1 aliphatic rings. The molecule has 4 nitrogen and oxygen atoms in total. The first-order valence-corrected chi connectivity index (χ1v) is 9.35. The van der Waals surface area contributed by atoms with E-state index in [1.165, 1.54) is 26.4 Å². The Morgan fingerprint density at radius 3 is 2.85 bits per heavy atom. The number of hydrogen-bond acceptors (Lipinski definition) is 3. The van der Waals surface area contributed by atoms with E-state index in [-0.39, 0.29) is 12.1 Å². The number of fused-ring (bicyclic) bond motifs is 1. The molecule has 1 aromatic carbocycles. The highest BCUT2D eigenvalue weighted by Crippen LogP contribution is 2.35. The second-order valence-corrected chi connectivity index (χ2v) is 7.35. The average molecular weight is 364 g/mol. The van der Waals surface area contributed by atoms with Crippen molar-refractivity contribution in [2.45, 2.75) is 57.8 Å². The summed E-state index contributed by atoms with van der Waals surface area (Å²) in [5.41, 5.74) is -0.222. The molecule has 142 valence electrons. The zero-order valence-corrected chi connectivity index (χ0v) is 15.3. The SMILES string of the molecule is COc1ccc2nc(C(F)C(F)CCC[C@@H]3CCC[C@@H]3C)c(=O)[nH]c2c1. The van der Waals surface area contributed by atoms with Crippen LogP contribution in [0.4, 0.5) is 8.78 Å². The monoisotopic (exact) mass is 364 g/mol. The van der Waals surface area contributed by atoms with Gasteiger partial charge in [0.25, 0.3) is 5.56 Å². The van der Waals surface area contributed by atoms with Crippen molar-refractivity contribution in [2.75, 3.05) is 7.11 Å². The number of aromatic nitrogens is 2. The summed E-state index contributed by atoms with van der Waals surface area (Å²) >= 11 is 0. The van der Waals surface area contributed by atoms with Crippen LogP contribution in [0.3, 0.4) is 0 Å². The topological polar surface area (TPSA) is 55.0 Å². The van der Waals surface area contributed by atoms with E-state index in [4.69, 9.17) is 4.74 Å². The highest BCUT2D eigenvalue weighted by Gasteiger charge is 2.28. The molecule has 1 aliphatic carbocycles. The van der Waals surface area contributed by atoms with Crippen LogP contribution in [-0.2, 0) is 0 Å². The van der Waals surface area contributed by atoms with Gasteiger partial charge in [-0.1, -0.05) is 39.0 Å². The van der Waals surface area contributed by atoms with E-state index in [0.29, 0.717) is 35.0 Å². The maximum atomic E-state index is 14.6. The number of ether oxygens (including phenoxy) is 1. The molecule has 2 unspecified atom stereocenters. The van der Waals surface area contributed by atoms with Gasteiger partial charge in [0.1, 0.15) is 17.6 Å². The Kier molecular flexibility index (Phi) is 5.89. The zero-order valence-electron chi connectivity index (χ0n) is 15.3. The predicted molar refractivity (Wildman–Crippen MR) is 98.0 cm³/mol. The van der Waals surface area contributed by atoms with Gasteiger partial charge in [0.15, 0.2) is 6.17 Å². The number of nitrogens with one attached hydrogen (secondary N) is 1. The quantitative estimate of drug-likeness (QED) is 0.761. The molecule has 26 heavy (non-hydrogen) atoms. The Morgan fingerprint density at radius 2 is 2.15 bits per heavy atom. The first kappa shape index (κ1) is 18.8. The molecule has 1 saturated carbocycles. The molecule has 0 aliphatic heterocycles. The molecular weight excluding hydrogens is 338 g/mol. The number of H-pyrrole nitrogens is 1. The van der Waals surface area contributed by atoms with Gasteiger partial charge in [-0.15, -0.1) is 0 Å². The normalized spacial score (nSPS) is 22.5. The average Bonchev–Trinajstić information content (AvgIpc) is 3.04. The lowest BCUT2D eigenvalue weighted by atomic mass is 9.91. The summed E-state index contributed by atoms with van der Waals surface area (Å²) in [5.74, 6) is 1.86. The van der Waals surface area contributed by atoms with E-state index in [1.54, 1.807) is 18.2 Å². The molecule has 1 aromatic heterocycles. The number of nitrogens with zero attached hydrogens (tertiary/aromatic N) is 1. The lowest BCUT2D eigenvalue weighted by molar-refractivity contribution is 0.149. The smallest absolute Gasteiger partial charge is 0.273 e. The van der Waals surface area contributed by atoms with Gasteiger partial charge in [0, 0.05) is 6.07 Å². The largest absolute Gasteiger partial charge is 0.497 e. The zero-order chi connectivity index (χ0) is 18.7. The van der Waals surface area contributed by atoms with Gasteiger partial charge in [-0.3, -0.25) is 4.79 Å². The lowest BCUT2D eigenvalue weighted by Crippen LogP contribution is -2.22. The minimum Gasteiger partial charge on any atom is -0.497 e. The van der Waals surface area contributed by atoms with Crippen LogP contribution in [0.2, 0.25) is 0 Å². The molecule has 6 heteroatoms. The van der Waals surface area contributed by atoms with Crippen LogP contribution in [0, 0.1) is 11.8 Å². The molecule has 0 spiro atoms. The minimum absolute atomic E-state index is 0.117.